The Labute approximate surface area is 186 Å². The van der Waals surface area contributed by atoms with E-state index in [4.69, 9.17) is 11.2 Å². The topological polar surface area (TPSA) is 67.4 Å². The van der Waals surface area contributed by atoms with Crippen LogP contribution in [0.5, 0.6) is 0 Å². The molecule has 30 heavy (non-hydrogen) atoms. The molecule has 0 bridgehead atoms. The highest BCUT2D eigenvalue weighted by molar-refractivity contribution is 5.96. The highest BCUT2D eigenvalue weighted by Gasteiger charge is 2.15. The van der Waals surface area contributed by atoms with Gasteiger partial charge in [0.2, 0.25) is 0 Å². The molecule has 0 aliphatic rings. The first-order valence-electron chi connectivity index (χ1n) is 10.6. The molecule has 1 rings (SSSR count). The molecule has 1 aromatic carbocycles. The monoisotopic (exact) mass is 422 g/mol. The summed E-state index contributed by atoms with van der Waals surface area (Å²) >= 11 is 0. The van der Waals surface area contributed by atoms with Crippen LogP contribution < -0.4 is 10.6 Å². The molecule has 0 saturated carbocycles. The van der Waals surface area contributed by atoms with Gasteiger partial charge >= 0.3 is 6.09 Å². The van der Waals surface area contributed by atoms with Gasteiger partial charge in [-0.2, -0.15) is 0 Å². The number of hydrogen-bond acceptors (Lipinski definition) is 3. The van der Waals surface area contributed by atoms with E-state index in [9.17, 15) is 9.59 Å². The second-order valence-corrected chi connectivity index (χ2v) is 6.21. The van der Waals surface area contributed by atoms with Gasteiger partial charge in [-0.15, -0.1) is 6.42 Å². The zero-order valence-electron chi connectivity index (χ0n) is 20.2. The van der Waals surface area contributed by atoms with Crippen LogP contribution in [0.15, 0.2) is 18.2 Å². The smallest absolute Gasteiger partial charge is 0.407 e. The van der Waals surface area contributed by atoms with Crippen molar-refractivity contribution in [1.29, 1.82) is 0 Å². The van der Waals surface area contributed by atoms with Crippen LogP contribution in [-0.4, -0.2) is 30.7 Å². The van der Waals surface area contributed by atoms with Gasteiger partial charge in [0.25, 0.3) is 5.91 Å². The number of alkyl carbamates (subject to hydrolysis) is 1. The molecule has 0 aromatic heterocycles. The Balaban J connectivity index is -0.000000441. The van der Waals surface area contributed by atoms with E-state index in [2.05, 4.69) is 16.6 Å². The van der Waals surface area contributed by atoms with E-state index in [1.54, 1.807) is 32.9 Å². The third-order valence-electron chi connectivity index (χ3n) is 2.96. The Hall–Kier alpha value is -2.48. The van der Waals surface area contributed by atoms with Gasteiger partial charge < -0.3 is 15.4 Å². The summed E-state index contributed by atoms with van der Waals surface area (Å²) in [6.45, 7) is 20.2. The summed E-state index contributed by atoms with van der Waals surface area (Å²) in [6.07, 6.45) is 5.50. The van der Waals surface area contributed by atoms with Gasteiger partial charge in [0.05, 0.1) is 0 Å². The molecule has 5 heteroatoms. The van der Waals surface area contributed by atoms with E-state index in [1.807, 2.05) is 54.5 Å². The SMILES string of the molecule is C.C#Cc1ccc(C)c(C(=O)NCCCNC(=O)OC(C)(C)C)c1.CC.CC.CC. The van der Waals surface area contributed by atoms with E-state index in [0.29, 0.717) is 30.6 Å². The minimum absolute atomic E-state index is 0. The van der Waals surface area contributed by atoms with Gasteiger partial charge in [-0.3, -0.25) is 4.79 Å². The summed E-state index contributed by atoms with van der Waals surface area (Å²) < 4.78 is 5.12. The number of rotatable bonds is 5. The third kappa shape index (κ3) is 17.6. The molecule has 0 spiro atoms. The zero-order valence-corrected chi connectivity index (χ0v) is 20.2. The summed E-state index contributed by atoms with van der Waals surface area (Å²) in [7, 11) is 0. The van der Waals surface area contributed by atoms with Gasteiger partial charge in [-0.1, -0.05) is 61.0 Å². The predicted molar refractivity (Wildman–Crippen MR) is 131 cm³/mol. The first kappa shape index (κ1) is 35.0. The van der Waals surface area contributed by atoms with Crippen molar-refractivity contribution in [2.45, 2.75) is 88.7 Å². The first-order valence-corrected chi connectivity index (χ1v) is 10.6. The molecule has 0 unspecified atom stereocenters. The van der Waals surface area contributed by atoms with Crippen molar-refractivity contribution < 1.29 is 14.3 Å². The Morgan fingerprint density at radius 1 is 1.00 bits per heavy atom. The third-order valence-corrected chi connectivity index (χ3v) is 2.96. The summed E-state index contributed by atoms with van der Waals surface area (Å²) in [6, 6.07) is 5.33. The molecule has 0 atom stereocenters. The number of aryl methyl sites for hydroxylation is 1. The molecule has 174 valence electrons. The van der Waals surface area contributed by atoms with Gasteiger partial charge in [0.15, 0.2) is 0 Å². The van der Waals surface area contributed by atoms with Crippen molar-refractivity contribution >= 4 is 12.0 Å². The molecule has 0 aliphatic carbocycles. The standard InChI is InChI=1S/C18H24N2O3.3C2H6.CH4/c1-6-14-9-8-13(2)15(12-14)16(21)19-10-7-11-20-17(22)23-18(3,4)5;3*1-2;/h1,8-9,12H,7,10-11H2,2-5H3,(H,19,21)(H,20,22);3*1-2H3;1H4. The minimum Gasteiger partial charge on any atom is -0.444 e. The molecule has 0 fully saturated rings. The van der Waals surface area contributed by atoms with Crippen molar-refractivity contribution in [3.05, 3.63) is 34.9 Å². The van der Waals surface area contributed by atoms with Gasteiger partial charge in [0, 0.05) is 24.2 Å². The number of terminal acetylenes is 1. The average Bonchev–Trinajstić information content (AvgIpc) is 2.71. The van der Waals surface area contributed by atoms with E-state index >= 15 is 0 Å². The van der Waals surface area contributed by atoms with Crippen LogP contribution >= 0.6 is 0 Å². The van der Waals surface area contributed by atoms with Crippen LogP contribution in [0.2, 0.25) is 0 Å². The largest absolute Gasteiger partial charge is 0.444 e. The molecule has 2 amide bonds. The van der Waals surface area contributed by atoms with Crippen LogP contribution in [0, 0.1) is 19.3 Å². The number of benzene rings is 1. The molecule has 0 saturated heterocycles. The number of carbonyl (C=O) groups excluding carboxylic acids is 2. The predicted octanol–water partition coefficient (Wildman–Crippen LogP) is 6.34. The highest BCUT2D eigenvalue weighted by Crippen LogP contribution is 2.10. The summed E-state index contributed by atoms with van der Waals surface area (Å²) in [5.41, 5.74) is 1.60. The second-order valence-electron chi connectivity index (χ2n) is 6.21. The minimum atomic E-state index is -0.516. The quantitative estimate of drug-likeness (QED) is 0.430. The maximum absolute atomic E-state index is 12.1. The molecule has 1 aromatic rings. The van der Waals surface area contributed by atoms with E-state index < -0.39 is 11.7 Å². The van der Waals surface area contributed by atoms with Gasteiger partial charge in [-0.05, 0) is 51.8 Å². The fourth-order valence-corrected chi connectivity index (χ4v) is 1.85. The number of amides is 2. The molecule has 5 nitrogen and oxygen atoms in total. The van der Waals surface area contributed by atoms with E-state index in [0.717, 1.165) is 5.56 Å². The van der Waals surface area contributed by atoms with Crippen molar-refractivity contribution in [2.75, 3.05) is 13.1 Å². The Morgan fingerprint density at radius 2 is 1.50 bits per heavy atom. The Morgan fingerprint density at radius 3 is 1.97 bits per heavy atom. The Kier molecular flexibility index (Phi) is 24.8. The summed E-state index contributed by atoms with van der Waals surface area (Å²) in [5.74, 6) is 2.35. The molecule has 2 N–H and O–H groups in total. The van der Waals surface area contributed by atoms with Gasteiger partial charge in [-0.25, -0.2) is 4.79 Å². The van der Waals surface area contributed by atoms with Gasteiger partial charge in [0.1, 0.15) is 5.60 Å². The first-order chi connectivity index (χ1) is 13.7. The number of hydrogen-bond donors (Lipinski definition) is 2. The van der Waals surface area contributed by atoms with Crippen LogP contribution in [-0.2, 0) is 4.74 Å². The molecular formula is C25H46N2O3. The maximum Gasteiger partial charge on any atom is 0.407 e. The normalized spacial score (nSPS) is 8.70. The van der Waals surface area contributed by atoms with Crippen molar-refractivity contribution in [3.63, 3.8) is 0 Å². The lowest BCUT2D eigenvalue weighted by Gasteiger charge is -2.19. The summed E-state index contributed by atoms with van der Waals surface area (Å²) in [4.78, 5) is 23.6. The lowest BCUT2D eigenvalue weighted by molar-refractivity contribution is 0.0527. The van der Waals surface area contributed by atoms with Crippen LogP contribution in [0.3, 0.4) is 0 Å². The van der Waals surface area contributed by atoms with E-state index in [-0.39, 0.29) is 13.3 Å². The molecule has 0 heterocycles. The highest BCUT2D eigenvalue weighted by atomic mass is 16.6. The van der Waals surface area contributed by atoms with Crippen LogP contribution in [0.25, 0.3) is 0 Å². The zero-order chi connectivity index (χ0) is 23.5. The van der Waals surface area contributed by atoms with E-state index in [1.165, 1.54) is 0 Å². The second kappa shape index (κ2) is 21.2. The van der Waals surface area contributed by atoms with Crippen molar-refractivity contribution in [3.8, 4) is 12.3 Å². The summed E-state index contributed by atoms with van der Waals surface area (Å²) in [5, 5.41) is 5.46. The van der Waals surface area contributed by atoms with Crippen LogP contribution in [0.1, 0.15) is 97.6 Å². The fourth-order valence-electron chi connectivity index (χ4n) is 1.85. The fraction of sp³-hybridized carbons (Fsp3) is 0.600. The maximum atomic E-state index is 12.1. The average molecular weight is 423 g/mol. The van der Waals surface area contributed by atoms with Crippen molar-refractivity contribution in [2.24, 2.45) is 0 Å². The number of ether oxygens (including phenoxy) is 1. The van der Waals surface area contributed by atoms with Crippen molar-refractivity contribution in [1.82, 2.24) is 10.6 Å². The van der Waals surface area contributed by atoms with Crippen LogP contribution in [0.4, 0.5) is 4.79 Å². The number of carbonyl (C=O) groups is 2. The lowest BCUT2D eigenvalue weighted by Crippen LogP contribution is -2.34. The Bertz CT molecular complexity index is 612. The lowest BCUT2D eigenvalue weighted by atomic mass is 10.0. The molecule has 0 radical (unpaired) electrons. The number of nitrogens with one attached hydrogen (secondary N) is 2. The molecular weight excluding hydrogens is 376 g/mol. The molecule has 0 aliphatic heterocycles.